The number of furan rings is 1. The van der Waals surface area contributed by atoms with Crippen molar-refractivity contribution in [3.8, 4) is 5.75 Å². The summed E-state index contributed by atoms with van der Waals surface area (Å²) in [6.45, 7) is 12.5. The number of hydrogen-bond acceptors (Lipinski definition) is 6. The minimum absolute atomic E-state index is 0.0303. The number of Topliss-reactive ketones (excluding diaryl/α,β-unsaturated/α-hetero) is 1. The van der Waals surface area contributed by atoms with Gasteiger partial charge in [-0.2, -0.15) is 0 Å². The Morgan fingerprint density at radius 2 is 1.81 bits per heavy atom. The number of amides is 1. The molecule has 0 fully saturated rings. The lowest BCUT2D eigenvalue weighted by Crippen LogP contribution is -2.38. The molecule has 0 bridgehead atoms. The topological polar surface area (TPSA) is 83.2 Å². The number of benzene rings is 1. The van der Waals surface area contributed by atoms with E-state index in [1.807, 2.05) is 38.1 Å². The first-order chi connectivity index (χ1) is 15.3. The summed E-state index contributed by atoms with van der Waals surface area (Å²) in [4.78, 5) is 30.1. The molecule has 1 N–H and O–H groups in total. The molecule has 0 aliphatic carbocycles. The molecular formula is C25H32N2O5. The summed E-state index contributed by atoms with van der Waals surface area (Å²) >= 11 is 0. The van der Waals surface area contributed by atoms with Crippen LogP contribution in [-0.4, -0.2) is 58.9 Å². The third-order valence-electron chi connectivity index (χ3n) is 5.63. The van der Waals surface area contributed by atoms with Crippen molar-refractivity contribution in [2.45, 2.75) is 46.8 Å². The van der Waals surface area contributed by atoms with E-state index in [0.717, 1.165) is 18.7 Å². The second-order valence-electron chi connectivity index (χ2n) is 8.17. The predicted octanol–water partition coefficient (Wildman–Crippen LogP) is 4.30. The number of aryl methyl sites for hydroxylation is 1. The van der Waals surface area contributed by atoms with Gasteiger partial charge in [-0.25, -0.2) is 0 Å². The van der Waals surface area contributed by atoms with Crippen LogP contribution in [0, 0.1) is 6.92 Å². The van der Waals surface area contributed by atoms with E-state index in [-0.39, 0.29) is 17.4 Å². The van der Waals surface area contributed by atoms with Crippen LogP contribution in [0.1, 0.15) is 55.6 Å². The van der Waals surface area contributed by atoms with Crippen LogP contribution in [0.4, 0.5) is 0 Å². The van der Waals surface area contributed by atoms with Gasteiger partial charge in [-0.05, 0) is 63.7 Å². The summed E-state index contributed by atoms with van der Waals surface area (Å²) in [6, 6.07) is 9.85. The average Bonchev–Trinajstić information content (AvgIpc) is 3.30. The maximum Gasteiger partial charge on any atom is 0.290 e. The van der Waals surface area contributed by atoms with Gasteiger partial charge in [0.2, 0.25) is 5.78 Å². The van der Waals surface area contributed by atoms with Crippen molar-refractivity contribution < 1.29 is 23.8 Å². The first kappa shape index (κ1) is 23.6. The second kappa shape index (κ2) is 10.0. The molecule has 1 aromatic heterocycles. The van der Waals surface area contributed by atoms with Crippen molar-refractivity contribution >= 4 is 11.7 Å². The monoisotopic (exact) mass is 440 g/mol. The van der Waals surface area contributed by atoms with Crippen LogP contribution in [0.15, 0.2) is 52.1 Å². The molecule has 0 saturated heterocycles. The van der Waals surface area contributed by atoms with E-state index in [1.54, 1.807) is 24.0 Å². The smallest absolute Gasteiger partial charge is 0.290 e. The number of rotatable bonds is 10. The van der Waals surface area contributed by atoms with Gasteiger partial charge >= 0.3 is 0 Å². The van der Waals surface area contributed by atoms with Crippen molar-refractivity contribution in [2.75, 3.05) is 26.2 Å². The Balaban J connectivity index is 1.99. The van der Waals surface area contributed by atoms with Crippen LogP contribution >= 0.6 is 0 Å². The zero-order chi connectivity index (χ0) is 23.4. The van der Waals surface area contributed by atoms with Crippen molar-refractivity contribution in [1.29, 1.82) is 0 Å². The highest BCUT2D eigenvalue weighted by molar-refractivity contribution is 6.15. The number of nitrogens with zero attached hydrogens (tertiary/aromatic N) is 2. The van der Waals surface area contributed by atoms with Gasteiger partial charge < -0.3 is 24.1 Å². The number of ketones is 1. The standard InChI is InChI=1S/C25H32N2O5/c1-6-26(7-2)14-15-27-22(18-9-11-19(12-10-18)31-16(3)4)21(24(29)25(27)30)23(28)20-13-8-17(5)32-20/h8-13,16,22,29H,6-7,14-15H2,1-5H3/t22-/m0/s1. The van der Waals surface area contributed by atoms with E-state index in [9.17, 15) is 14.7 Å². The molecule has 7 nitrogen and oxygen atoms in total. The zero-order valence-electron chi connectivity index (χ0n) is 19.4. The third kappa shape index (κ3) is 4.88. The average molecular weight is 441 g/mol. The van der Waals surface area contributed by atoms with Gasteiger partial charge in [0.1, 0.15) is 11.5 Å². The molecule has 0 unspecified atom stereocenters. The summed E-state index contributed by atoms with van der Waals surface area (Å²) in [5.74, 6) is -0.158. The predicted molar refractivity (Wildman–Crippen MR) is 122 cm³/mol. The lowest BCUT2D eigenvalue weighted by Gasteiger charge is -2.29. The lowest BCUT2D eigenvalue weighted by atomic mass is 9.95. The first-order valence-corrected chi connectivity index (χ1v) is 11.1. The summed E-state index contributed by atoms with van der Waals surface area (Å²) in [6.07, 6.45) is 0.0303. The maximum absolute atomic E-state index is 13.3. The molecule has 2 heterocycles. The lowest BCUT2D eigenvalue weighted by molar-refractivity contribution is -0.129. The van der Waals surface area contributed by atoms with E-state index in [2.05, 4.69) is 18.7 Å². The number of hydrogen-bond donors (Lipinski definition) is 1. The summed E-state index contributed by atoms with van der Waals surface area (Å²) in [5, 5.41) is 10.7. The Hall–Kier alpha value is -3.06. The van der Waals surface area contributed by atoms with Crippen LogP contribution < -0.4 is 4.74 Å². The van der Waals surface area contributed by atoms with Gasteiger partial charge in [0, 0.05) is 13.1 Å². The number of likely N-dealkylation sites (N-methyl/N-ethyl adjacent to an activating group) is 1. The van der Waals surface area contributed by atoms with Crippen molar-refractivity contribution in [3.05, 3.63) is 64.8 Å². The van der Waals surface area contributed by atoms with Gasteiger partial charge in [-0.15, -0.1) is 0 Å². The number of aliphatic hydroxyl groups is 1. The van der Waals surface area contributed by atoms with E-state index < -0.39 is 23.5 Å². The molecule has 0 saturated carbocycles. The Kier molecular flexibility index (Phi) is 7.40. The van der Waals surface area contributed by atoms with Crippen LogP contribution in [0.3, 0.4) is 0 Å². The van der Waals surface area contributed by atoms with E-state index in [4.69, 9.17) is 9.15 Å². The molecule has 0 spiro atoms. The van der Waals surface area contributed by atoms with Gasteiger partial charge in [0.05, 0.1) is 17.7 Å². The molecule has 1 aromatic carbocycles. The van der Waals surface area contributed by atoms with Crippen molar-refractivity contribution in [1.82, 2.24) is 9.80 Å². The minimum Gasteiger partial charge on any atom is -0.503 e. The van der Waals surface area contributed by atoms with Crippen LogP contribution in [0.25, 0.3) is 0 Å². The highest BCUT2D eigenvalue weighted by atomic mass is 16.5. The Morgan fingerprint density at radius 1 is 1.16 bits per heavy atom. The largest absolute Gasteiger partial charge is 0.503 e. The van der Waals surface area contributed by atoms with Crippen molar-refractivity contribution in [2.24, 2.45) is 0 Å². The maximum atomic E-state index is 13.3. The molecule has 0 radical (unpaired) electrons. The minimum atomic E-state index is -0.705. The summed E-state index contributed by atoms with van der Waals surface area (Å²) < 4.78 is 11.2. The molecule has 3 rings (SSSR count). The third-order valence-corrected chi connectivity index (χ3v) is 5.63. The van der Waals surface area contributed by atoms with E-state index in [0.29, 0.717) is 24.6 Å². The molecule has 7 heteroatoms. The fourth-order valence-electron chi connectivity index (χ4n) is 3.94. The van der Waals surface area contributed by atoms with Crippen LogP contribution in [-0.2, 0) is 4.79 Å². The number of carbonyl (C=O) groups is 2. The molecule has 1 aliphatic heterocycles. The summed E-state index contributed by atoms with van der Waals surface area (Å²) in [7, 11) is 0. The molecule has 1 amide bonds. The molecule has 2 aromatic rings. The highest BCUT2D eigenvalue weighted by Crippen LogP contribution is 2.39. The second-order valence-corrected chi connectivity index (χ2v) is 8.17. The van der Waals surface area contributed by atoms with Gasteiger partial charge in [0.15, 0.2) is 11.5 Å². The SMILES string of the molecule is CCN(CC)CCN1C(=O)C(O)=C(C(=O)c2ccc(C)o2)[C@@H]1c1ccc(OC(C)C)cc1. The first-order valence-electron chi connectivity index (χ1n) is 11.1. The molecule has 32 heavy (non-hydrogen) atoms. The normalized spacial score (nSPS) is 16.5. The van der Waals surface area contributed by atoms with Gasteiger partial charge in [-0.1, -0.05) is 26.0 Å². The van der Waals surface area contributed by atoms with Crippen LogP contribution in [0.2, 0.25) is 0 Å². The molecular weight excluding hydrogens is 408 g/mol. The Morgan fingerprint density at radius 3 is 2.34 bits per heavy atom. The van der Waals surface area contributed by atoms with E-state index >= 15 is 0 Å². The summed E-state index contributed by atoms with van der Waals surface area (Å²) in [5.41, 5.74) is 0.770. The van der Waals surface area contributed by atoms with Crippen molar-refractivity contribution in [3.63, 3.8) is 0 Å². The number of aliphatic hydroxyl groups excluding tert-OH is 1. The molecule has 172 valence electrons. The fraction of sp³-hybridized carbons (Fsp3) is 0.440. The van der Waals surface area contributed by atoms with Gasteiger partial charge in [-0.3, -0.25) is 9.59 Å². The zero-order valence-corrected chi connectivity index (χ0v) is 19.4. The van der Waals surface area contributed by atoms with E-state index in [1.165, 1.54) is 0 Å². The fourth-order valence-corrected chi connectivity index (χ4v) is 3.94. The molecule has 1 aliphatic rings. The molecule has 1 atom stereocenters. The van der Waals surface area contributed by atoms with Crippen LogP contribution in [0.5, 0.6) is 5.75 Å². The van der Waals surface area contributed by atoms with Gasteiger partial charge in [0.25, 0.3) is 5.91 Å². The Labute approximate surface area is 189 Å². The number of ether oxygens (including phenoxy) is 1. The highest BCUT2D eigenvalue weighted by Gasteiger charge is 2.44. The number of carbonyl (C=O) groups excluding carboxylic acids is 2. The quantitative estimate of drug-likeness (QED) is 0.555. The Bertz CT molecular complexity index is 986.